The van der Waals surface area contributed by atoms with Crippen molar-refractivity contribution < 1.29 is 17.9 Å². The number of halogens is 3. The first-order valence-corrected chi connectivity index (χ1v) is 5.78. The molecule has 1 rings (SSSR count). The Kier molecular flexibility index (Phi) is 5.07. The minimum atomic E-state index is -4.53. The normalized spacial score (nSPS) is 11.7. The van der Waals surface area contributed by atoms with Gasteiger partial charge in [-0.2, -0.15) is 13.2 Å². The van der Waals surface area contributed by atoms with Gasteiger partial charge < -0.3 is 15.4 Å². The largest absolute Gasteiger partial charge is 0.476 e. The van der Waals surface area contributed by atoms with Gasteiger partial charge in [-0.1, -0.05) is 12.2 Å². The van der Waals surface area contributed by atoms with E-state index in [0.717, 1.165) is 6.07 Å². The molecule has 8 heteroatoms. The zero-order chi connectivity index (χ0) is 14.6. The molecule has 0 spiro atoms. The lowest BCUT2D eigenvalue weighted by Crippen LogP contribution is -2.22. The highest BCUT2D eigenvalue weighted by Gasteiger charge is 2.33. The highest BCUT2D eigenvalue weighted by molar-refractivity contribution is 7.80. The molecule has 0 aliphatic carbocycles. The number of rotatable bonds is 5. The van der Waals surface area contributed by atoms with Crippen molar-refractivity contribution in [2.45, 2.75) is 6.18 Å². The van der Waals surface area contributed by atoms with Crippen LogP contribution in [0.15, 0.2) is 12.1 Å². The average Bonchev–Trinajstić information content (AvgIpc) is 2.26. The topological polar surface area (TPSA) is 51.4 Å². The molecule has 0 radical (unpaired) electrons. The molecule has 106 valence electrons. The van der Waals surface area contributed by atoms with E-state index < -0.39 is 11.9 Å². The number of thiocarbonyl (C=S) groups is 1. The van der Waals surface area contributed by atoms with Gasteiger partial charge in [-0.25, -0.2) is 4.98 Å². The van der Waals surface area contributed by atoms with Crippen molar-refractivity contribution in [1.29, 1.82) is 0 Å². The molecule has 0 amide bonds. The fraction of sp³-hybridized carbons (Fsp3) is 0.455. The van der Waals surface area contributed by atoms with Crippen LogP contribution in [0, 0.1) is 0 Å². The molecule has 0 unspecified atom stereocenters. The summed E-state index contributed by atoms with van der Waals surface area (Å²) in [4.78, 5) is 5.20. The Hall–Kier alpha value is -1.41. The lowest BCUT2D eigenvalue weighted by atomic mass is 10.2. The molecule has 4 nitrogen and oxygen atoms in total. The second-order valence-electron chi connectivity index (χ2n) is 4.06. The van der Waals surface area contributed by atoms with Gasteiger partial charge in [0.25, 0.3) is 0 Å². The van der Waals surface area contributed by atoms with Crippen LogP contribution in [-0.2, 0) is 6.18 Å². The number of hydrogen-bond acceptors (Lipinski definition) is 4. The second-order valence-corrected chi connectivity index (χ2v) is 4.50. The van der Waals surface area contributed by atoms with Crippen LogP contribution in [0.1, 0.15) is 11.3 Å². The van der Waals surface area contributed by atoms with E-state index in [4.69, 9.17) is 22.7 Å². The highest BCUT2D eigenvalue weighted by atomic mass is 32.1. The van der Waals surface area contributed by atoms with Gasteiger partial charge in [-0.15, -0.1) is 0 Å². The monoisotopic (exact) mass is 293 g/mol. The van der Waals surface area contributed by atoms with Crippen molar-refractivity contribution in [3.8, 4) is 5.88 Å². The number of alkyl halides is 3. The predicted octanol–water partition coefficient (Wildman–Crippen LogP) is 1.67. The van der Waals surface area contributed by atoms with Gasteiger partial charge in [0.05, 0.1) is 5.56 Å². The minimum Gasteiger partial charge on any atom is -0.476 e. The van der Waals surface area contributed by atoms with Gasteiger partial charge in [0.1, 0.15) is 17.3 Å². The van der Waals surface area contributed by atoms with E-state index in [0.29, 0.717) is 6.54 Å². The van der Waals surface area contributed by atoms with Crippen LogP contribution in [-0.4, -0.2) is 42.1 Å². The summed E-state index contributed by atoms with van der Waals surface area (Å²) in [5, 5.41) is 0. The Morgan fingerprint density at radius 3 is 2.53 bits per heavy atom. The second kappa shape index (κ2) is 6.16. The van der Waals surface area contributed by atoms with Gasteiger partial charge in [0, 0.05) is 6.54 Å². The summed E-state index contributed by atoms with van der Waals surface area (Å²) in [6.07, 6.45) is -4.53. The summed E-state index contributed by atoms with van der Waals surface area (Å²) < 4.78 is 42.9. The van der Waals surface area contributed by atoms with E-state index in [2.05, 4.69) is 4.98 Å². The van der Waals surface area contributed by atoms with Crippen molar-refractivity contribution in [2.24, 2.45) is 5.73 Å². The number of hydrogen-bond donors (Lipinski definition) is 1. The first kappa shape index (κ1) is 15.6. The van der Waals surface area contributed by atoms with E-state index in [-0.39, 0.29) is 23.0 Å². The smallest absolute Gasteiger partial charge is 0.433 e. The molecule has 1 heterocycles. The first-order chi connectivity index (χ1) is 8.71. The van der Waals surface area contributed by atoms with E-state index in [9.17, 15) is 13.2 Å². The van der Waals surface area contributed by atoms with Crippen LogP contribution in [0.25, 0.3) is 0 Å². The highest BCUT2D eigenvalue weighted by Crippen LogP contribution is 2.30. The van der Waals surface area contributed by atoms with Crippen LogP contribution in [0.3, 0.4) is 0 Å². The molecule has 0 aromatic carbocycles. The number of ether oxygens (including phenoxy) is 1. The van der Waals surface area contributed by atoms with E-state index in [1.54, 1.807) is 0 Å². The lowest BCUT2D eigenvalue weighted by Gasteiger charge is -2.14. The third kappa shape index (κ3) is 4.64. The molecular formula is C11H14F3N3OS. The first-order valence-electron chi connectivity index (χ1n) is 5.37. The van der Waals surface area contributed by atoms with E-state index in [1.807, 2.05) is 19.0 Å². The van der Waals surface area contributed by atoms with Crippen molar-refractivity contribution in [3.05, 3.63) is 23.4 Å². The number of aromatic nitrogens is 1. The van der Waals surface area contributed by atoms with Crippen molar-refractivity contribution in [1.82, 2.24) is 9.88 Å². The van der Waals surface area contributed by atoms with Crippen LogP contribution in [0.2, 0.25) is 0 Å². The maximum absolute atomic E-state index is 12.6. The van der Waals surface area contributed by atoms with Crippen LogP contribution in [0.4, 0.5) is 13.2 Å². The molecular weight excluding hydrogens is 279 g/mol. The van der Waals surface area contributed by atoms with E-state index >= 15 is 0 Å². The molecule has 19 heavy (non-hydrogen) atoms. The van der Waals surface area contributed by atoms with Crippen LogP contribution >= 0.6 is 12.2 Å². The Labute approximate surface area is 114 Å². The average molecular weight is 293 g/mol. The molecule has 1 aromatic heterocycles. The molecule has 0 saturated heterocycles. The van der Waals surface area contributed by atoms with Crippen molar-refractivity contribution >= 4 is 17.2 Å². The Balaban J connectivity index is 2.99. The summed E-state index contributed by atoms with van der Waals surface area (Å²) in [6.45, 7) is 0.728. The van der Waals surface area contributed by atoms with Crippen LogP contribution in [0.5, 0.6) is 5.88 Å². The molecule has 0 aliphatic rings. The minimum absolute atomic E-state index is 0.0546. The van der Waals surface area contributed by atoms with Crippen molar-refractivity contribution in [3.63, 3.8) is 0 Å². The number of nitrogens with zero attached hydrogens (tertiary/aromatic N) is 2. The maximum Gasteiger partial charge on any atom is 0.433 e. The third-order valence-electron chi connectivity index (χ3n) is 2.19. The summed E-state index contributed by atoms with van der Waals surface area (Å²) in [5.41, 5.74) is 4.59. The van der Waals surface area contributed by atoms with Gasteiger partial charge in [0.2, 0.25) is 5.88 Å². The number of likely N-dealkylation sites (N-methyl/N-ethyl adjacent to an activating group) is 1. The van der Waals surface area contributed by atoms with E-state index in [1.165, 1.54) is 6.07 Å². The lowest BCUT2D eigenvalue weighted by molar-refractivity contribution is -0.141. The Morgan fingerprint density at radius 1 is 1.42 bits per heavy atom. The predicted molar refractivity (Wildman–Crippen MR) is 69.2 cm³/mol. The maximum atomic E-state index is 12.6. The molecule has 0 atom stereocenters. The molecule has 0 fully saturated rings. The molecule has 0 aliphatic heterocycles. The van der Waals surface area contributed by atoms with Gasteiger partial charge >= 0.3 is 6.18 Å². The van der Waals surface area contributed by atoms with Crippen molar-refractivity contribution in [2.75, 3.05) is 27.2 Å². The van der Waals surface area contributed by atoms with Gasteiger partial charge in [-0.3, -0.25) is 0 Å². The zero-order valence-corrected chi connectivity index (χ0v) is 11.3. The fourth-order valence-electron chi connectivity index (χ4n) is 1.22. The standard InChI is InChI=1S/C11H14F3N3OS/c1-17(2)5-6-18-10-7(9(15)19)3-4-8(16-10)11(12,13)14/h3-4H,5-6H2,1-2H3,(H2,15,19). The zero-order valence-electron chi connectivity index (χ0n) is 10.5. The Morgan fingerprint density at radius 2 is 2.05 bits per heavy atom. The SMILES string of the molecule is CN(C)CCOc1nc(C(F)(F)F)ccc1C(N)=S. The fourth-order valence-corrected chi connectivity index (χ4v) is 1.38. The summed E-state index contributed by atoms with van der Waals surface area (Å²) in [5.74, 6) is -0.191. The van der Waals surface area contributed by atoms with Gasteiger partial charge in [0.15, 0.2) is 0 Å². The van der Waals surface area contributed by atoms with Crippen LogP contribution < -0.4 is 10.5 Å². The Bertz CT molecular complexity index is 463. The molecule has 1 aromatic rings. The molecule has 0 saturated carbocycles. The molecule has 0 bridgehead atoms. The number of pyridine rings is 1. The summed E-state index contributed by atoms with van der Waals surface area (Å²) in [6, 6.07) is 2.00. The summed E-state index contributed by atoms with van der Waals surface area (Å²) in [7, 11) is 3.63. The number of nitrogens with two attached hydrogens (primary N) is 1. The quantitative estimate of drug-likeness (QED) is 0.837. The van der Waals surface area contributed by atoms with Gasteiger partial charge in [-0.05, 0) is 26.2 Å². The molecule has 2 N–H and O–H groups in total. The summed E-state index contributed by atoms with van der Waals surface area (Å²) >= 11 is 4.75. The third-order valence-corrected chi connectivity index (χ3v) is 2.41.